The summed E-state index contributed by atoms with van der Waals surface area (Å²) in [4.78, 5) is 15.8. The van der Waals surface area contributed by atoms with Crippen molar-refractivity contribution in [3.63, 3.8) is 0 Å². The number of aryl methyl sites for hydroxylation is 1. The van der Waals surface area contributed by atoms with Gasteiger partial charge in [-0.15, -0.1) is 11.3 Å². The Bertz CT molecular complexity index is 602. The summed E-state index contributed by atoms with van der Waals surface area (Å²) in [5.74, 6) is -0.299. The summed E-state index contributed by atoms with van der Waals surface area (Å²) in [5.41, 5.74) is 1.51. The molecule has 0 aliphatic heterocycles. The number of rotatable bonds is 3. The minimum absolute atomic E-state index is 0.122. The normalized spacial score (nSPS) is 11.6. The van der Waals surface area contributed by atoms with E-state index in [1.165, 1.54) is 17.4 Å². The summed E-state index contributed by atoms with van der Waals surface area (Å²) in [6.07, 6.45) is 0. The Kier molecular flexibility index (Phi) is 3.38. The van der Waals surface area contributed by atoms with Crippen molar-refractivity contribution >= 4 is 28.1 Å². The van der Waals surface area contributed by atoms with Crippen LogP contribution in [0.25, 0.3) is 0 Å². The third-order valence-electron chi connectivity index (χ3n) is 2.10. The molecule has 0 spiro atoms. The molecule has 0 saturated heterocycles. The number of anilines is 1. The van der Waals surface area contributed by atoms with Crippen molar-refractivity contribution in [1.82, 2.24) is 10.1 Å². The fourth-order valence-corrected chi connectivity index (χ4v) is 1.93. The van der Waals surface area contributed by atoms with Crippen molar-refractivity contribution in [1.29, 1.82) is 0 Å². The molecule has 2 aromatic rings. The van der Waals surface area contributed by atoms with Gasteiger partial charge < -0.3 is 9.73 Å². The molecule has 94 valence electrons. The van der Waals surface area contributed by atoms with Crippen LogP contribution in [0.3, 0.4) is 0 Å². The van der Waals surface area contributed by atoms with E-state index < -0.39 is 5.91 Å². The van der Waals surface area contributed by atoms with E-state index in [0.29, 0.717) is 22.2 Å². The van der Waals surface area contributed by atoms with Gasteiger partial charge in [0.15, 0.2) is 5.13 Å². The molecule has 2 N–H and O–H groups in total. The molecule has 1 amide bonds. The average Bonchev–Trinajstić information content (AvgIpc) is 2.97. The number of amides is 1. The van der Waals surface area contributed by atoms with Gasteiger partial charge in [0.2, 0.25) is 5.76 Å². The van der Waals surface area contributed by atoms with Crippen LogP contribution in [0.5, 0.6) is 0 Å². The number of aromatic nitrogens is 2. The molecule has 0 atom stereocenters. The maximum Gasteiger partial charge on any atom is 0.296 e. The minimum atomic E-state index is -0.421. The second-order valence-electron chi connectivity index (χ2n) is 3.51. The van der Waals surface area contributed by atoms with Crippen molar-refractivity contribution in [2.45, 2.75) is 13.8 Å². The molecule has 2 heterocycles. The van der Waals surface area contributed by atoms with Crippen molar-refractivity contribution < 1.29 is 14.5 Å². The molecule has 7 nitrogen and oxygen atoms in total. The molecule has 0 unspecified atom stereocenters. The fourth-order valence-electron chi connectivity index (χ4n) is 1.18. The summed E-state index contributed by atoms with van der Waals surface area (Å²) < 4.78 is 4.82. The molecular formula is C10H10N4O3S. The summed E-state index contributed by atoms with van der Waals surface area (Å²) in [7, 11) is 0. The number of nitrogens with zero attached hydrogens (tertiary/aromatic N) is 3. The Balaban J connectivity index is 2.10. The number of hydrogen-bond acceptors (Lipinski definition) is 7. The van der Waals surface area contributed by atoms with E-state index in [4.69, 9.17) is 9.73 Å². The zero-order valence-electron chi connectivity index (χ0n) is 9.67. The molecule has 2 rings (SSSR count). The largest absolute Gasteiger partial charge is 0.411 e. The van der Waals surface area contributed by atoms with Crippen molar-refractivity contribution in [3.05, 3.63) is 28.6 Å². The number of carbonyl (C=O) groups is 1. The van der Waals surface area contributed by atoms with E-state index >= 15 is 0 Å². The van der Waals surface area contributed by atoms with Gasteiger partial charge in [-0.1, -0.05) is 10.3 Å². The van der Waals surface area contributed by atoms with Crippen LogP contribution in [0, 0.1) is 6.92 Å². The van der Waals surface area contributed by atoms with Crippen LogP contribution < -0.4 is 5.32 Å². The van der Waals surface area contributed by atoms with Gasteiger partial charge in [-0.05, 0) is 13.8 Å². The first-order valence-corrected chi connectivity index (χ1v) is 5.87. The number of nitrogens with one attached hydrogen (secondary N) is 1. The maximum atomic E-state index is 11.7. The molecule has 8 heteroatoms. The van der Waals surface area contributed by atoms with Crippen LogP contribution in [-0.2, 0) is 0 Å². The Morgan fingerprint density at radius 1 is 1.61 bits per heavy atom. The molecule has 0 aliphatic carbocycles. The van der Waals surface area contributed by atoms with Gasteiger partial charge in [0.05, 0.1) is 5.69 Å². The third-order valence-corrected chi connectivity index (χ3v) is 2.85. The highest BCUT2D eigenvalue weighted by molar-refractivity contribution is 7.14. The SMILES string of the molecule is CC(=NO)c1csc(NC(=O)c2cc(C)no2)n1. The first-order chi connectivity index (χ1) is 8.60. The molecule has 0 saturated carbocycles. The average molecular weight is 266 g/mol. The Morgan fingerprint density at radius 2 is 2.39 bits per heavy atom. The van der Waals surface area contributed by atoms with Gasteiger partial charge >= 0.3 is 0 Å². The lowest BCUT2D eigenvalue weighted by atomic mass is 10.3. The lowest BCUT2D eigenvalue weighted by molar-refractivity contribution is 0.0988. The quantitative estimate of drug-likeness (QED) is 0.502. The predicted molar refractivity (Wildman–Crippen MR) is 65.3 cm³/mol. The van der Waals surface area contributed by atoms with E-state index in [1.807, 2.05) is 0 Å². The second-order valence-corrected chi connectivity index (χ2v) is 4.37. The van der Waals surface area contributed by atoms with Crippen LogP contribution in [0.2, 0.25) is 0 Å². The molecule has 0 bridgehead atoms. The number of carbonyl (C=O) groups excluding carboxylic acids is 1. The monoisotopic (exact) mass is 266 g/mol. The highest BCUT2D eigenvalue weighted by Gasteiger charge is 2.14. The van der Waals surface area contributed by atoms with Crippen molar-refractivity contribution in [2.24, 2.45) is 5.16 Å². The molecule has 0 radical (unpaired) electrons. The first-order valence-electron chi connectivity index (χ1n) is 4.99. The van der Waals surface area contributed by atoms with Gasteiger partial charge in [-0.25, -0.2) is 4.98 Å². The van der Waals surface area contributed by atoms with Gasteiger partial charge in [0.25, 0.3) is 5.91 Å². The van der Waals surface area contributed by atoms with Crippen LogP contribution in [0.15, 0.2) is 21.1 Å². The first kappa shape index (κ1) is 12.2. The van der Waals surface area contributed by atoms with Gasteiger partial charge in [0, 0.05) is 11.4 Å². The number of oxime groups is 1. The number of hydrogen-bond donors (Lipinski definition) is 2. The molecule has 2 aromatic heterocycles. The summed E-state index contributed by atoms with van der Waals surface area (Å²) in [6, 6.07) is 1.53. The lowest BCUT2D eigenvalue weighted by Gasteiger charge is -1.96. The zero-order chi connectivity index (χ0) is 13.1. The third kappa shape index (κ3) is 2.54. The highest BCUT2D eigenvalue weighted by Crippen LogP contribution is 2.17. The molecular weight excluding hydrogens is 256 g/mol. The van der Waals surface area contributed by atoms with Gasteiger partial charge in [-0.3, -0.25) is 10.1 Å². The second kappa shape index (κ2) is 4.96. The molecule has 18 heavy (non-hydrogen) atoms. The lowest BCUT2D eigenvalue weighted by Crippen LogP contribution is -2.11. The van der Waals surface area contributed by atoms with Gasteiger partial charge in [-0.2, -0.15) is 0 Å². The van der Waals surface area contributed by atoms with Gasteiger partial charge in [0.1, 0.15) is 11.4 Å². The highest BCUT2D eigenvalue weighted by atomic mass is 32.1. The van der Waals surface area contributed by atoms with E-state index in [1.54, 1.807) is 19.2 Å². The van der Waals surface area contributed by atoms with E-state index in [-0.39, 0.29) is 5.76 Å². The van der Waals surface area contributed by atoms with Crippen LogP contribution in [0.4, 0.5) is 5.13 Å². The molecule has 0 fully saturated rings. The van der Waals surface area contributed by atoms with E-state index in [9.17, 15) is 4.79 Å². The zero-order valence-corrected chi connectivity index (χ0v) is 10.5. The Morgan fingerprint density at radius 3 is 3.00 bits per heavy atom. The molecule has 0 aliphatic rings. The topological polar surface area (TPSA) is 101 Å². The van der Waals surface area contributed by atoms with E-state index in [0.717, 1.165) is 0 Å². The van der Waals surface area contributed by atoms with E-state index in [2.05, 4.69) is 20.6 Å². The van der Waals surface area contributed by atoms with Crippen molar-refractivity contribution in [2.75, 3.05) is 5.32 Å². The fraction of sp³-hybridized carbons (Fsp3) is 0.200. The summed E-state index contributed by atoms with van der Waals surface area (Å²) in [6.45, 7) is 3.34. The van der Waals surface area contributed by atoms with Crippen molar-refractivity contribution in [3.8, 4) is 0 Å². The Hall–Kier alpha value is -2.22. The summed E-state index contributed by atoms with van der Waals surface area (Å²) >= 11 is 1.23. The summed E-state index contributed by atoms with van der Waals surface area (Å²) in [5, 5.41) is 19.9. The van der Waals surface area contributed by atoms with Crippen LogP contribution in [0.1, 0.15) is 28.9 Å². The number of thiazole rings is 1. The minimum Gasteiger partial charge on any atom is -0.411 e. The predicted octanol–water partition coefficient (Wildman–Crippen LogP) is 1.89. The standard InChI is InChI=1S/C10H10N4O3S/c1-5-3-8(17-14-5)9(15)12-10-11-7(4-18-10)6(2)13-16/h3-4,16H,1-2H3,(H,11,12,15). The maximum absolute atomic E-state index is 11.7. The molecule has 0 aromatic carbocycles. The smallest absolute Gasteiger partial charge is 0.296 e. The Labute approximate surface area is 106 Å². The van der Waals surface area contributed by atoms with Crippen LogP contribution >= 0.6 is 11.3 Å². The van der Waals surface area contributed by atoms with Crippen LogP contribution in [-0.4, -0.2) is 27.0 Å².